The Morgan fingerprint density at radius 3 is 2.66 bits per heavy atom. The van der Waals surface area contributed by atoms with Crippen LogP contribution in [0.4, 0.5) is 0 Å². The molecule has 0 aliphatic heterocycles. The molecular formula is C26H35NO4S. The number of carboxylic acids is 1. The standard InChI is InChI=1S/C26H35NO4S/c1-5-6-7-8-9-25(28)27(4)16-22-15-21(18-32-22)23-12-10-20(11-13-26(29)30)14-24(23)31-17-19(2)3/h10-15,18-19H,5-9,16-17H2,1-4H3,(H,29,30)/b13-11+. The number of thiophene rings is 1. The number of hydrogen-bond donors (Lipinski definition) is 1. The molecule has 5 nitrogen and oxygen atoms in total. The second-order valence-corrected chi connectivity index (χ2v) is 9.49. The second kappa shape index (κ2) is 13.1. The van der Waals surface area contributed by atoms with Crippen LogP contribution in [0.15, 0.2) is 35.7 Å². The summed E-state index contributed by atoms with van der Waals surface area (Å²) in [5, 5.41) is 11.0. The predicted molar refractivity (Wildman–Crippen MR) is 132 cm³/mol. The highest BCUT2D eigenvalue weighted by Gasteiger charge is 2.14. The lowest BCUT2D eigenvalue weighted by Crippen LogP contribution is -2.25. The first-order valence-corrected chi connectivity index (χ1v) is 12.2. The smallest absolute Gasteiger partial charge is 0.328 e. The van der Waals surface area contributed by atoms with Gasteiger partial charge in [0.15, 0.2) is 0 Å². The fourth-order valence-corrected chi connectivity index (χ4v) is 4.18. The van der Waals surface area contributed by atoms with Crippen molar-refractivity contribution in [1.82, 2.24) is 4.90 Å². The number of rotatable bonds is 13. The molecule has 0 radical (unpaired) electrons. The van der Waals surface area contributed by atoms with Gasteiger partial charge in [-0.1, -0.05) is 52.2 Å². The van der Waals surface area contributed by atoms with Crippen molar-refractivity contribution in [2.45, 2.75) is 59.4 Å². The highest BCUT2D eigenvalue weighted by molar-refractivity contribution is 7.10. The zero-order valence-corrected chi connectivity index (χ0v) is 20.4. The Balaban J connectivity index is 2.13. The first-order valence-electron chi connectivity index (χ1n) is 11.3. The normalized spacial score (nSPS) is 11.3. The van der Waals surface area contributed by atoms with Crippen LogP contribution in [0.3, 0.4) is 0 Å². The zero-order chi connectivity index (χ0) is 23.5. The Morgan fingerprint density at radius 1 is 1.19 bits per heavy atom. The van der Waals surface area contributed by atoms with Crippen molar-refractivity contribution in [2.75, 3.05) is 13.7 Å². The largest absolute Gasteiger partial charge is 0.493 e. The molecule has 0 saturated carbocycles. The molecule has 1 aromatic heterocycles. The van der Waals surface area contributed by atoms with Gasteiger partial charge in [0.1, 0.15) is 5.75 Å². The lowest BCUT2D eigenvalue weighted by atomic mass is 10.0. The number of hydrogen-bond acceptors (Lipinski definition) is 4. The maximum absolute atomic E-state index is 12.4. The van der Waals surface area contributed by atoms with Gasteiger partial charge in [0.25, 0.3) is 0 Å². The van der Waals surface area contributed by atoms with Crippen molar-refractivity contribution in [3.8, 4) is 16.9 Å². The van der Waals surface area contributed by atoms with E-state index in [1.54, 1.807) is 22.3 Å². The van der Waals surface area contributed by atoms with Gasteiger partial charge in [0.05, 0.1) is 13.2 Å². The van der Waals surface area contributed by atoms with Crippen LogP contribution < -0.4 is 4.74 Å². The quantitative estimate of drug-likeness (QED) is 0.276. The molecular weight excluding hydrogens is 422 g/mol. The van der Waals surface area contributed by atoms with E-state index in [1.807, 2.05) is 25.2 Å². The minimum atomic E-state index is -0.981. The van der Waals surface area contributed by atoms with Crippen molar-refractivity contribution < 1.29 is 19.4 Å². The van der Waals surface area contributed by atoms with E-state index in [-0.39, 0.29) is 5.91 Å². The van der Waals surface area contributed by atoms with Crippen LogP contribution in [0.1, 0.15) is 63.3 Å². The summed E-state index contributed by atoms with van der Waals surface area (Å²) in [6, 6.07) is 7.84. The SMILES string of the molecule is CCCCCCC(=O)N(C)Cc1cc(-c2ccc(/C=C/C(=O)O)cc2OCC(C)C)cs1. The Kier molecular flexibility index (Phi) is 10.5. The molecule has 0 aliphatic rings. The third kappa shape index (κ3) is 8.50. The minimum Gasteiger partial charge on any atom is -0.493 e. The third-order valence-electron chi connectivity index (χ3n) is 5.02. The van der Waals surface area contributed by atoms with Gasteiger partial charge < -0.3 is 14.7 Å². The van der Waals surface area contributed by atoms with E-state index in [4.69, 9.17) is 9.84 Å². The number of nitrogens with zero attached hydrogens (tertiary/aromatic N) is 1. The first-order chi connectivity index (χ1) is 15.3. The highest BCUT2D eigenvalue weighted by atomic mass is 32.1. The van der Waals surface area contributed by atoms with Crippen molar-refractivity contribution in [3.05, 3.63) is 46.2 Å². The van der Waals surface area contributed by atoms with Crippen LogP contribution in [0.25, 0.3) is 17.2 Å². The molecule has 1 aromatic carbocycles. The van der Waals surface area contributed by atoms with Gasteiger partial charge in [-0.3, -0.25) is 4.79 Å². The summed E-state index contributed by atoms with van der Waals surface area (Å²) in [5.41, 5.74) is 2.79. The molecule has 1 heterocycles. The molecule has 2 aromatic rings. The van der Waals surface area contributed by atoms with Gasteiger partial charge in [-0.25, -0.2) is 4.79 Å². The van der Waals surface area contributed by atoms with Crippen LogP contribution in [-0.2, 0) is 16.1 Å². The average molecular weight is 458 g/mol. The van der Waals surface area contributed by atoms with Gasteiger partial charge in [-0.15, -0.1) is 11.3 Å². The van der Waals surface area contributed by atoms with E-state index < -0.39 is 5.97 Å². The second-order valence-electron chi connectivity index (χ2n) is 8.49. The van der Waals surface area contributed by atoms with Crippen molar-refractivity contribution in [3.63, 3.8) is 0 Å². The molecule has 0 atom stereocenters. The van der Waals surface area contributed by atoms with Crippen LogP contribution in [0, 0.1) is 5.92 Å². The number of ether oxygens (including phenoxy) is 1. The van der Waals surface area contributed by atoms with E-state index in [9.17, 15) is 9.59 Å². The van der Waals surface area contributed by atoms with E-state index >= 15 is 0 Å². The molecule has 0 unspecified atom stereocenters. The maximum atomic E-state index is 12.4. The summed E-state index contributed by atoms with van der Waals surface area (Å²) in [6.45, 7) is 7.52. The van der Waals surface area contributed by atoms with Gasteiger partial charge in [-0.2, -0.15) is 0 Å². The minimum absolute atomic E-state index is 0.187. The molecule has 0 spiro atoms. The summed E-state index contributed by atoms with van der Waals surface area (Å²) < 4.78 is 6.05. The summed E-state index contributed by atoms with van der Waals surface area (Å²) in [4.78, 5) is 26.2. The summed E-state index contributed by atoms with van der Waals surface area (Å²) >= 11 is 1.63. The third-order valence-corrected chi connectivity index (χ3v) is 5.95. The summed E-state index contributed by atoms with van der Waals surface area (Å²) in [5.74, 6) is 0.309. The van der Waals surface area contributed by atoms with Gasteiger partial charge in [0.2, 0.25) is 5.91 Å². The Hall–Kier alpha value is -2.60. The van der Waals surface area contributed by atoms with Gasteiger partial charge >= 0.3 is 5.97 Å². The number of amides is 1. The van der Waals surface area contributed by atoms with Crippen LogP contribution in [-0.4, -0.2) is 35.5 Å². The molecule has 0 saturated heterocycles. The molecule has 32 heavy (non-hydrogen) atoms. The lowest BCUT2D eigenvalue weighted by Gasteiger charge is -2.16. The fraction of sp³-hybridized carbons (Fsp3) is 0.462. The molecule has 1 N–H and O–H groups in total. The number of unbranched alkanes of at least 4 members (excludes halogenated alkanes) is 3. The Labute approximate surface area is 195 Å². The highest BCUT2D eigenvalue weighted by Crippen LogP contribution is 2.35. The van der Waals surface area contributed by atoms with Gasteiger partial charge in [0, 0.05) is 30.0 Å². The monoisotopic (exact) mass is 457 g/mol. The lowest BCUT2D eigenvalue weighted by molar-refractivity contribution is -0.131. The van der Waals surface area contributed by atoms with Crippen LogP contribution in [0.5, 0.6) is 5.75 Å². The van der Waals surface area contributed by atoms with Crippen LogP contribution in [0.2, 0.25) is 0 Å². The van der Waals surface area contributed by atoms with E-state index in [0.717, 1.165) is 46.2 Å². The Bertz CT molecular complexity index is 916. The number of benzene rings is 1. The molecule has 1 amide bonds. The van der Waals surface area contributed by atoms with Crippen molar-refractivity contribution in [1.29, 1.82) is 0 Å². The first kappa shape index (κ1) is 25.7. The molecule has 174 valence electrons. The van der Waals surface area contributed by atoms with Crippen molar-refractivity contribution >= 4 is 29.3 Å². The van der Waals surface area contributed by atoms with Gasteiger partial charge in [-0.05, 0) is 47.1 Å². The fourth-order valence-electron chi connectivity index (χ4n) is 3.25. The molecule has 0 aliphatic carbocycles. The average Bonchev–Trinajstić information content (AvgIpc) is 3.21. The van der Waals surface area contributed by atoms with E-state index in [2.05, 4.69) is 32.2 Å². The van der Waals surface area contributed by atoms with E-state index in [1.165, 1.54) is 12.8 Å². The molecule has 0 bridgehead atoms. The number of carboxylic acid groups (broad SMARTS) is 1. The molecule has 6 heteroatoms. The molecule has 0 fully saturated rings. The number of carbonyl (C=O) groups is 2. The maximum Gasteiger partial charge on any atom is 0.328 e. The predicted octanol–water partition coefficient (Wildman–Crippen LogP) is 6.48. The zero-order valence-electron chi connectivity index (χ0n) is 19.6. The number of aliphatic carboxylic acids is 1. The van der Waals surface area contributed by atoms with E-state index in [0.29, 0.717) is 25.5 Å². The summed E-state index contributed by atoms with van der Waals surface area (Å²) in [6.07, 6.45) is 7.70. The van der Waals surface area contributed by atoms with Crippen molar-refractivity contribution in [2.24, 2.45) is 5.92 Å². The number of carbonyl (C=O) groups excluding carboxylic acids is 1. The van der Waals surface area contributed by atoms with Crippen LogP contribution >= 0.6 is 11.3 Å². The topological polar surface area (TPSA) is 66.8 Å². The Morgan fingerprint density at radius 2 is 1.97 bits per heavy atom. The summed E-state index contributed by atoms with van der Waals surface area (Å²) in [7, 11) is 1.86. The molecule has 2 rings (SSSR count).